The Hall–Kier alpha value is -0.0800. The molecule has 3 N–H and O–H groups in total. The minimum absolute atomic E-state index is 0.501. The molecule has 2 aliphatic rings. The van der Waals surface area contributed by atoms with Crippen LogP contribution in [0.4, 0.5) is 0 Å². The predicted molar refractivity (Wildman–Crippen MR) is 60.1 cm³/mol. The molecule has 0 spiro atoms. The van der Waals surface area contributed by atoms with Gasteiger partial charge >= 0.3 is 0 Å². The van der Waals surface area contributed by atoms with Crippen molar-refractivity contribution in [3.63, 3.8) is 0 Å². The first kappa shape index (κ1) is 10.4. The second-order valence-corrected chi connectivity index (χ2v) is 5.14. The van der Waals surface area contributed by atoms with Crippen molar-refractivity contribution in [2.75, 3.05) is 13.1 Å². The number of rotatable bonds is 3. The van der Waals surface area contributed by atoms with Gasteiger partial charge in [0.05, 0.1) is 0 Å². The highest BCUT2D eigenvalue weighted by Gasteiger charge is 2.25. The van der Waals surface area contributed by atoms with Gasteiger partial charge in [0.15, 0.2) is 0 Å². The first-order valence-electron chi connectivity index (χ1n) is 6.32. The molecule has 82 valence electrons. The summed E-state index contributed by atoms with van der Waals surface area (Å²) in [6.07, 6.45) is 9.61. The zero-order chi connectivity index (χ0) is 9.80. The van der Waals surface area contributed by atoms with E-state index in [-0.39, 0.29) is 0 Å². The summed E-state index contributed by atoms with van der Waals surface area (Å²) in [5.74, 6) is 1.76. The Morgan fingerprint density at radius 2 is 1.71 bits per heavy atom. The maximum Gasteiger partial charge on any atom is 0.00698 e. The molecule has 0 aromatic carbocycles. The average molecular weight is 196 g/mol. The molecule has 1 saturated carbocycles. The maximum absolute atomic E-state index is 6.29. The van der Waals surface area contributed by atoms with E-state index in [1.165, 1.54) is 58.0 Å². The predicted octanol–water partition coefficient (Wildman–Crippen LogP) is 1.89. The van der Waals surface area contributed by atoms with Crippen LogP contribution in [0, 0.1) is 11.8 Å². The Labute approximate surface area is 87.6 Å². The summed E-state index contributed by atoms with van der Waals surface area (Å²) in [7, 11) is 0. The van der Waals surface area contributed by atoms with E-state index in [9.17, 15) is 0 Å². The molecular formula is C12H24N2. The SMILES string of the molecule is NC(CC1CCNCC1)C1CCCC1. The molecule has 0 radical (unpaired) electrons. The zero-order valence-electron chi connectivity index (χ0n) is 9.17. The standard InChI is InChI=1S/C12H24N2/c13-12(11-3-1-2-4-11)9-10-5-7-14-8-6-10/h10-12,14H,1-9,13H2. The molecule has 0 aromatic rings. The summed E-state index contributed by atoms with van der Waals surface area (Å²) in [5, 5.41) is 3.42. The number of piperidine rings is 1. The minimum atomic E-state index is 0.501. The molecule has 1 saturated heterocycles. The summed E-state index contributed by atoms with van der Waals surface area (Å²) in [5.41, 5.74) is 6.29. The van der Waals surface area contributed by atoms with E-state index in [2.05, 4.69) is 5.32 Å². The topological polar surface area (TPSA) is 38.0 Å². The molecule has 1 heterocycles. The van der Waals surface area contributed by atoms with Crippen LogP contribution in [-0.4, -0.2) is 19.1 Å². The van der Waals surface area contributed by atoms with Crippen LogP contribution < -0.4 is 11.1 Å². The highest BCUT2D eigenvalue weighted by Crippen LogP contribution is 2.30. The molecule has 2 heteroatoms. The maximum atomic E-state index is 6.29. The Morgan fingerprint density at radius 3 is 2.36 bits per heavy atom. The van der Waals surface area contributed by atoms with E-state index in [0.717, 1.165) is 11.8 Å². The zero-order valence-corrected chi connectivity index (χ0v) is 9.17. The lowest BCUT2D eigenvalue weighted by atomic mass is 9.85. The third kappa shape index (κ3) is 2.71. The smallest absolute Gasteiger partial charge is 0.00698 e. The van der Waals surface area contributed by atoms with Gasteiger partial charge in [0.2, 0.25) is 0 Å². The van der Waals surface area contributed by atoms with E-state index in [1.54, 1.807) is 0 Å². The first-order chi connectivity index (χ1) is 6.86. The molecule has 14 heavy (non-hydrogen) atoms. The lowest BCUT2D eigenvalue weighted by molar-refractivity contribution is 0.290. The van der Waals surface area contributed by atoms with Crippen molar-refractivity contribution in [1.29, 1.82) is 0 Å². The number of nitrogens with one attached hydrogen (secondary N) is 1. The Kier molecular flexibility index (Phi) is 3.82. The van der Waals surface area contributed by atoms with Crippen molar-refractivity contribution in [2.24, 2.45) is 17.6 Å². The molecule has 1 aliphatic heterocycles. The van der Waals surface area contributed by atoms with Gasteiger partial charge in [0.25, 0.3) is 0 Å². The van der Waals surface area contributed by atoms with Crippen LogP contribution >= 0.6 is 0 Å². The highest BCUT2D eigenvalue weighted by atomic mass is 14.9. The van der Waals surface area contributed by atoms with Gasteiger partial charge in [-0.25, -0.2) is 0 Å². The summed E-state index contributed by atoms with van der Waals surface area (Å²) in [4.78, 5) is 0. The number of nitrogens with two attached hydrogens (primary N) is 1. The molecule has 2 nitrogen and oxygen atoms in total. The van der Waals surface area contributed by atoms with Crippen molar-refractivity contribution in [1.82, 2.24) is 5.32 Å². The van der Waals surface area contributed by atoms with Crippen molar-refractivity contribution >= 4 is 0 Å². The third-order valence-corrected chi connectivity index (χ3v) is 4.07. The van der Waals surface area contributed by atoms with Crippen LogP contribution in [0.5, 0.6) is 0 Å². The van der Waals surface area contributed by atoms with Crippen molar-refractivity contribution in [3.05, 3.63) is 0 Å². The van der Waals surface area contributed by atoms with Gasteiger partial charge in [0, 0.05) is 6.04 Å². The molecule has 2 rings (SSSR count). The van der Waals surface area contributed by atoms with E-state index in [0.29, 0.717) is 6.04 Å². The fourth-order valence-corrected chi connectivity index (χ4v) is 3.08. The van der Waals surface area contributed by atoms with Crippen LogP contribution in [0.25, 0.3) is 0 Å². The lowest BCUT2D eigenvalue weighted by Gasteiger charge is -2.27. The van der Waals surface area contributed by atoms with Crippen LogP contribution in [0.1, 0.15) is 44.9 Å². The molecule has 0 aromatic heterocycles. The van der Waals surface area contributed by atoms with Crippen LogP contribution in [0.15, 0.2) is 0 Å². The summed E-state index contributed by atoms with van der Waals surface area (Å²) in [6, 6.07) is 0.501. The van der Waals surface area contributed by atoms with Crippen LogP contribution in [-0.2, 0) is 0 Å². The van der Waals surface area contributed by atoms with Gasteiger partial charge < -0.3 is 11.1 Å². The number of hydrogen-bond donors (Lipinski definition) is 2. The monoisotopic (exact) mass is 196 g/mol. The summed E-state index contributed by atoms with van der Waals surface area (Å²) >= 11 is 0. The second kappa shape index (κ2) is 5.13. The largest absolute Gasteiger partial charge is 0.327 e. The highest BCUT2D eigenvalue weighted by molar-refractivity contribution is 4.81. The van der Waals surface area contributed by atoms with E-state index in [1.807, 2.05) is 0 Å². The Balaban J connectivity index is 1.72. The van der Waals surface area contributed by atoms with Crippen LogP contribution in [0.2, 0.25) is 0 Å². The van der Waals surface area contributed by atoms with E-state index >= 15 is 0 Å². The van der Waals surface area contributed by atoms with Gasteiger partial charge in [-0.3, -0.25) is 0 Å². The lowest BCUT2D eigenvalue weighted by Crippen LogP contribution is -2.35. The van der Waals surface area contributed by atoms with E-state index < -0.39 is 0 Å². The van der Waals surface area contributed by atoms with Gasteiger partial charge in [-0.05, 0) is 57.0 Å². The quantitative estimate of drug-likeness (QED) is 0.723. The molecular weight excluding hydrogens is 172 g/mol. The minimum Gasteiger partial charge on any atom is -0.327 e. The van der Waals surface area contributed by atoms with Crippen molar-refractivity contribution in [3.8, 4) is 0 Å². The van der Waals surface area contributed by atoms with E-state index in [4.69, 9.17) is 5.73 Å². The third-order valence-electron chi connectivity index (χ3n) is 4.07. The van der Waals surface area contributed by atoms with Crippen molar-refractivity contribution < 1.29 is 0 Å². The van der Waals surface area contributed by atoms with Gasteiger partial charge in [-0.1, -0.05) is 12.8 Å². The molecule has 2 fully saturated rings. The fourth-order valence-electron chi connectivity index (χ4n) is 3.08. The first-order valence-corrected chi connectivity index (χ1v) is 6.32. The van der Waals surface area contributed by atoms with Crippen LogP contribution in [0.3, 0.4) is 0 Å². The molecule has 0 bridgehead atoms. The van der Waals surface area contributed by atoms with Gasteiger partial charge in [-0.15, -0.1) is 0 Å². The average Bonchev–Trinajstić information content (AvgIpc) is 2.72. The molecule has 1 atom stereocenters. The Morgan fingerprint density at radius 1 is 1.07 bits per heavy atom. The Bertz CT molecular complexity index is 158. The second-order valence-electron chi connectivity index (χ2n) is 5.14. The normalized spacial score (nSPS) is 28.1. The molecule has 0 amide bonds. The molecule has 1 aliphatic carbocycles. The fraction of sp³-hybridized carbons (Fsp3) is 1.00. The van der Waals surface area contributed by atoms with Gasteiger partial charge in [-0.2, -0.15) is 0 Å². The van der Waals surface area contributed by atoms with Crippen molar-refractivity contribution in [2.45, 2.75) is 51.0 Å². The van der Waals surface area contributed by atoms with Gasteiger partial charge in [0.1, 0.15) is 0 Å². The molecule has 1 unspecified atom stereocenters. The summed E-state index contributed by atoms with van der Waals surface area (Å²) in [6.45, 7) is 2.42. The summed E-state index contributed by atoms with van der Waals surface area (Å²) < 4.78 is 0. The number of hydrogen-bond acceptors (Lipinski definition) is 2.